The molecule has 0 N–H and O–H groups in total. The summed E-state index contributed by atoms with van der Waals surface area (Å²) in [5, 5.41) is 0. The largest absolute Gasteiger partial charge is 0.446 e. The summed E-state index contributed by atoms with van der Waals surface area (Å²) in [5.74, 6) is 0. The van der Waals surface area contributed by atoms with Crippen LogP contribution in [-0.4, -0.2) is 24.5 Å². The van der Waals surface area contributed by atoms with E-state index < -0.39 is 18.9 Å². The Morgan fingerprint density at radius 3 is 2.06 bits per heavy atom. The standard InChI is InChI=1S/C10H19O5P/c1-6-10(4,5)15-9(11)16(12,13-7-2)14-8-3/h6H,1,7-8H2,2-5H3. The lowest BCUT2D eigenvalue weighted by Gasteiger charge is -2.23. The molecule has 0 aromatic carbocycles. The Kier molecular flexibility index (Phi) is 5.94. The molecule has 0 fully saturated rings. The van der Waals surface area contributed by atoms with Crippen molar-refractivity contribution in [3.8, 4) is 0 Å². The maximum atomic E-state index is 12.0. The Balaban J connectivity index is 4.76. The second-order valence-corrected chi connectivity index (χ2v) is 5.39. The minimum atomic E-state index is -3.83. The van der Waals surface area contributed by atoms with Gasteiger partial charge in [-0.15, -0.1) is 0 Å². The fourth-order valence-electron chi connectivity index (χ4n) is 0.805. The third kappa shape index (κ3) is 4.47. The summed E-state index contributed by atoms with van der Waals surface area (Å²) >= 11 is 0. The van der Waals surface area contributed by atoms with Gasteiger partial charge < -0.3 is 13.8 Å². The number of hydrogen-bond donors (Lipinski definition) is 0. The highest BCUT2D eigenvalue weighted by Gasteiger charge is 2.39. The average Bonchev–Trinajstić information content (AvgIpc) is 2.18. The van der Waals surface area contributed by atoms with Crippen molar-refractivity contribution in [1.29, 1.82) is 0 Å². The Morgan fingerprint density at radius 2 is 1.75 bits per heavy atom. The highest BCUT2D eigenvalue weighted by atomic mass is 31.2. The molecule has 0 aliphatic heterocycles. The number of rotatable bonds is 7. The van der Waals surface area contributed by atoms with Crippen LogP contribution in [0.2, 0.25) is 0 Å². The fraction of sp³-hybridized carbons (Fsp3) is 0.700. The molecule has 0 bridgehead atoms. The molecule has 5 nitrogen and oxygen atoms in total. The highest BCUT2D eigenvalue weighted by Crippen LogP contribution is 2.50. The third-order valence-corrected chi connectivity index (χ3v) is 3.40. The molecule has 0 amide bonds. The van der Waals surface area contributed by atoms with Crippen molar-refractivity contribution in [3.05, 3.63) is 12.7 Å². The molecule has 0 radical (unpaired) electrons. The van der Waals surface area contributed by atoms with Crippen LogP contribution in [0.25, 0.3) is 0 Å². The van der Waals surface area contributed by atoms with Gasteiger partial charge in [-0.25, -0.2) is 9.36 Å². The van der Waals surface area contributed by atoms with Crippen LogP contribution in [0.4, 0.5) is 4.79 Å². The normalized spacial score (nSPS) is 12.2. The molecule has 0 unspecified atom stereocenters. The van der Waals surface area contributed by atoms with Crippen molar-refractivity contribution in [2.75, 3.05) is 13.2 Å². The van der Waals surface area contributed by atoms with Gasteiger partial charge in [0.05, 0.1) is 13.2 Å². The Bertz CT molecular complexity index is 288. The van der Waals surface area contributed by atoms with Gasteiger partial charge in [-0.2, -0.15) is 0 Å². The van der Waals surface area contributed by atoms with E-state index in [2.05, 4.69) is 6.58 Å². The Morgan fingerprint density at radius 1 is 1.31 bits per heavy atom. The summed E-state index contributed by atoms with van der Waals surface area (Å²) in [4.78, 5) is 11.6. The fourth-order valence-corrected chi connectivity index (χ4v) is 2.12. The zero-order valence-corrected chi connectivity index (χ0v) is 11.1. The molecule has 0 heterocycles. The molecule has 6 heteroatoms. The molecule has 16 heavy (non-hydrogen) atoms. The smallest absolute Gasteiger partial charge is 0.438 e. The molecule has 0 aliphatic rings. The average molecular weight is 250 g/mol. The molecule has 0 aromatic heterocycles. The Hall–Kier alpha value is -0.640. The summed E-state index contributed by atoms with van der Waals surface area (Å²) < 4.78 is 26.6. The van der Waals surface area contributed by atoms with Crippen molar-refractivity contribution in [2.45, 2.75) is 33.3 Å². The van der Waals surface area contributed by atoms with Crippen molar-refractivity contribution < 1.29 is 23.1 Å². The quantitative estimate of drug-likeness (QED) is 0.512. The van der Waals surface area contributed by atoms with Crippen LogP contribution in [-0.2, 0) is 18.3 Å². The lowest BCUT2D eigenvalue weighted by atomic mass is 10.1. The molecule has 0 atom stereocenters. The van der Waals surface area contributed by atoms with Crippen LogP contribution in [0.3, 0.4) is 0 Å². The van der Waals surface area contributed by atoms with Gasteiger partial charge in [0, 0.05) is 0 Å². The van der Waals surface area contributed by atoms with Crippen LogP contribution < -0.4 is 0 Å². The predicted octanol–water partition coefficient (Wildman–Crippen LogP) is 3.35. The second kappa shape index (κ2) is 6.18. The van der Waals surface area contributed by atoms with E-state index >= 15 is 0 Å². The molecule has 0 aromatic rings. The van der Waals surface area contributed by atoms with Gasteiger partial charge in [0.1, 0.15) is 5.60 Å². The molecule has 0 rings (SSSR count). The van der Waals surface area contributed by atoms with Crippen molar-refractivity contribution in [2.24, 2.45) is 0 Å². The van der Waals surface area contributed by atoms with E-state index in [0.717, 1.165) is 0 Å². The summed E-state index contributed by atoms with van der Waals surface area (Å²) in [6.07, 6.45) is 1.44. The first-order chi connectivity index (χ1) is 7.31. The van der Waals surface area contributed by atoms with E-state index in [9.17, 15) is 9.36 Å². The van der Waals surface area contributed by atoms with Crippen molar-refractivity contribution >= 4 is 13.3 Å². The monoisotopic (exact) mass is 250 g/mol. The van der Waals surface area contributed by atoms with E-state index in [1.54, 1.807) is 27.7 Å². The van der Waals surface area contributed by atoms with Crippen LogP contribution in [0.1, 0.15) is 27.7 Å². The lowest BCUT2D eigenvalue weighted by Crippen LogP contribution is -2.25. The van der Waals surface area contributed by atoms with Gasteiger partial charge >= 0.3 is 13.3 Å². The highest BCUT2D eigenvalue weighted by molar-refractivity contribution is 7.71. The number of carbonyl (C=O) groups excluding carboxylic acids is 1. The minimum absolute atomic E-state index is 0.112. The summed E-state index contributed by atoms with van der Waals surface area (Å²) in [6, 6.07) is 0. The molecule has 0 spiro atoms. The van der Waals surface area contributed by atoms with Gasteiger partial charge in [-0.3, -0.25) is 0 Å². The summed E-state index contributed by atoms with van der Waals surface area (Å²) in [5.41, 5.74) is -1.89. The maximum absolute atomic E-state index is 12.0. The van der Waals surface area contributed by atoms with Crippen LogP contribution in [0, 0.1) is 0 Å². The van der Waals surface area contributed by atoms with Crippen LogP contribution in [0.5, 0.6) is 0 Å². The van der Waals surface area contributed by atoms with Gasteiger partial charge in [-0.1, -0.05) is 6.58 Å². The first kappa shape index (κ1) is 15.4. The topological polar surface area (TPSA) is 61.8 Å². The van der Waals surface area contributed by atoms with Crippen LogP contribution in [0.15, 0.2) is 12.7 Å². The van der Waals surface area contributed by atoms with Crippen LogP contribution >= 0.6 is 7.60 Å². The van der Waals surface area contributed by atoms with Gasteiger partial charge in [-0.05, 0) is 33.8 Å². The first-order valence-corrected chi connectivity index (χ1v) is 6.61. The molecular formula is C10H19O5P. The van der Waals surface area contributed by atoms with Gasteiger partial charge in [0.25, 0.3) is 0 Å². The van der Waals surface area contributed by atoms with Gasteiger partial charge in [0.2, 0.25) is 0 Å². The SMILES string of the molecule is C=CC(C)(C)OC(=O)P(=O)(OCC)OCC. The molecule has 0 saturated carbocycles. The lowest BCUT2D eigenvalue weighted by molar-refractivity contribution is 0.0822. The maximum Gasteiger partial charge on any atom is 0.438 e. The number of carbonyl (C=O) groups is 1. The minimum Gasteiger partial charge on any atom is -0.446 e. The molecule has 0 aliphatic carbocycles. The molecule has 94 valence electrons. The van der Waals surface area contributed by atoms with Crippen molar-refractivity contribution in [1.82, 2.24) is 0 Å². The predicted molar refractivity (Wildman–Crippen MR) is 61.6 cm³/mol. The van der Waals surface area contributed by atoms with E-state index in [0.29, 0.717) is 0 Å². The molecule has 0 saturated heterocycles. The number of ether oxygens (including phenoxy) is 1. The van der Waals surface area contributed by atoms with Crippen molar-refractivity contribution in [3.63, 3.8) is 0 Å². The zero-order chi connectivity index (χ0) is 12.8. The van der Waals surface area contributed by atoms with E-state index in [1.807, 2.05) is 0 Å². The summed E-state index contributed by atoms with van der Waals surface area (Å²) in [7, 11) is -3.83. The number of hydrogen-bond acceptors (Lipinski definition) is 5. The second-order valence-electron chi connectivity index (χ2n) is 3.51. The zero-order valence-electron chi connectivity index (χ0n) is 10.2. The van der Waals surface area contributed by atoms with E-state index in [-0.39, 0.29) is 13.2 Å². The first-order valence-electron chi connectivity index (χ1n) is 5.07. The van der Waals surface area contributed by atoms with E-state index in [4.69, 9.17) is 13.8 Å². The molecular weight excluding hydrogens is 231 g/mol. The Labute approximate surface area is 96.3 Å². The van der Waals surface area contributed by atoms with E-state index in [1.165, 1.54) is 6.08 Å². The third-order valence-electron chi connectivity index (χ3n) is 1.66. The summed E-state index contributed by atoms with van der Waals surface area (Å²) in [6.45, 7) is 10.2. The van der Waals surface area contributed by atoms with Gasteiger partial charge in [0.15, 0.2) is 0 Å².